The first kappa shape index (κ1) is 18.2. The number of amides is 2. The van der Waals surface area contributed by atoms with Crippen molar-refractivity contribution in [1.82, 2.24) is 10.2 Å². The summed E-state index contributed by atoms with van der Waals surface area (Å²) in [6.07, 6.45) is 4.58. The number of benzene rings is 2. The van der Waals surface area contributed by atoms with Gasteiger partial charge in [0.1, 0.15) is 0 Å². The first-order valence-corrected chi connectivity index (χ1v) is 9.41. The topological polar surface area (TPSA) is 49.4 Å². The molecule has 1 N–H and O–H groups in total. The predicted molar refractivity (Wildman–Crippen MR) is 103 cm³/mol. The van der Waals surface area contributed by atoms with Crippen molar-refractivity contribution in [3.8, 4) is 0 Å². The third-order valence-corrected chi connectivity index (χ3v) is 4.79. The summed E-state index contributed by atoms with van der Waals surface area (Å²) in [7, 11) is 0. The lowest BCUT2D eigenvalue weighted by Crippen LogP contribution is -2.35. The summed E-state index contributed by atoms with van der Waals surface area (Å²) in [5, 5.41) is 2.95. The van der Waals surface area contributed by atoms with Crippen LogP contribution in [0, 0.1) is 0 Å². The van der Waals surface area contributed by atoms with Crippen molar-refractivity contribution < 1.29 is 9.59 Å². The second-order valence-electron chi connectivity index (χ2n) is 6.82. The van der Waals surface area contributed by atoms with Crippen LogP contribution < -0.4 is 5.32 Å². The molecule has 0 aromatic heterocycles. The van der Waals surface area contributed by atoms with Gasteiger partial charge in [0.2, 0.25) is 5.91 Å². The Morgan fingerprint density at radius 2 is 1.62 bits per heavy atom. The van der Waals surface area contributed by atoms with Crippen molar-refractivity contribution in [3.63, 3.8) is 0 Å². The fraction of sp³-hybridized carbons (Fsp3) is 0.364. The molecular formula is C22H26N2O2. The smallest absolute Gasteiger partial charge is 0.253 e. The van der Waals surface area contributed by atoms with Gasteiger partial charge in [0.25, 0.3) is 5.91 Å². The maximum absolute atomic E-state index is 12.6. The second-order valence-corrected chi connectivity index (χ2v) is 6.82. The molecule has 26 heavy (non-hydrogen) atoms. The molecule has 2 aromatic carbocycles. The summed E-state index contributed by atoms with van der Waals surface area (Å²) in [5.74, 6) is 0.128. The zero-order valence-electron chi connectivity index (χ0n) is 15.1. The zero-order valence-corrected chi connectivity index (χ0v) is 15.1. The van der Waals surface area contributed by atoms with Crippen molar-refractivity contribution in [2.24, 2.45) is 0 Å². The Morgan fingerprint density at radius 1 is 0.885 bits per heavy atom. The molecule has 0 saturated carbocycles. The van der Waals surface area contributed by atoms with E-state index in [-0.39, 0.29) is 11.8 Å². The van der Waals surface area contributed by atoms with Crippen molar-refractivity contribution in [2.75, 3.05) is 13.1 Å². The summed E-state index contributed by atoms with van der Waals surface area (Å²) in [6.45, 7) is 2.15. The van der Waals surface area contributed by atoms with Gasteiger partial charge in [0.05, 0.1) is 0 Å². The van der Waals surface area contributed by atoms with Gasteiger partial charge in [-0.3, -0.25) is 9.59 Å². The number of carbonyl (C=O) groups excluding carboxylic acids is 2. The molecule has 0 radical (unpaired) electrons. The molecule has 1 aliphatic rings. The molecule has 0 spiro atoms. The highest BCUT2D eigenvalue weighted by Gasteiger charge is 2.18. The van der Waals surface area contributed by atoms with Crippen LogP contribution in [0.15, 0.2) is 54.6 Å². The summed E-state index contributed by atoms with van der Waals surface area (Å²) < 4.78 is 0. The van der Waals surface area contributed by atoms with Gasteiger partial charge in [-0.05, 0) is 48.9 Å². The molecule has 2 amide bonds. The van der Waals surface area contributed by atoms with E-state index in [1.165, 1.54) is 6.42 Å². The first-order chi connectivity index (χ1) is 12.7. The highest BCUT2D eigenvalue weighted by molar-refractivity contribution is 5.94. The fourth-order valence-corrected chi connectivity index (χ4v) is 3.29. The van der Waals surface area contributed by atoms with E-state index < -0.39 is 0 Å². The monoisotopic (exact) mass is 350 g/mol. The van der Waals surface area contributed by atoms with Gasteiger partial charge in [-0.1, -0.05) is 42.5 Å². The lowest BCUT2D eigenvalue weighted by Gasteiger charge is -2.26. The molecular weight excluding hydrogens is 324 g/mol. The third kappa shape index (κ3) is 5.19. The molecule has 4 nitrogen and oxygen atoms in total. The normalized spacial score (nSPS) is 14.1. The van der Waals surface area contributed by atoms with Crippen LogP contribution in [0.1, 0.15) is 47.2 Å². The Balaban J connectivity index is 1.50. The van der Waals surface area contributed by atoms with Crippen LogP contribution in [0.3, 0.4) is 0 Å². The van der Waals surface area contributed by atoms with Gasteiger partial charge in [0, 0.05) is 31.6 Å². The molecule has 1 heterocycles. The molecule has 0 bridgehead atoms. The van der Waals surface area contributed by atoms with Crippen molar-refractivity contribution >= 4 is 11.8 Å². The molecule has 1 fully saturated rings. The molecule has 1 aliphatic heterocycles. The number of hydrogen-bond acceptors (Lipinski definition) is 2. The van der Waals surface area contributed by atoms with Gasteiger partial charge in [-0.25, -0.2) is 0 Å². The van der Waals surface area contributed by atoms with Crippen LogP contribution in [0.4, 0.5) is 0 Å². The minimum absolute atomic E-state index is 0.0293. The zero-order chi connectivity index (χ0) is 18.2. The van der Waals surface area contributed by atoms with E-state index in [2.05, 4.69) is 5.32 Å². The van der Waals surface area contributed by atoms with E-state index >= 15 is 0 Å². The summed E-state index contributed by atoms with van der Waals surface area (Å²) in [6, 6.07) is 17.6. The number of likely N-dealkylation sites (tertiary alicyclic amines) is 1. The average molecular weight is 350 g/mol. The van der Waals surface area contributed by atoms with Crippen LogP contribution in [0.25, 0.3) is 0 Å². The minimum atomic E-state index is 0.0293. The molecule has 0 unspecified atom stereocenters. The maximum atomic E-state index is 12.6. The largest absolute Gasteiger partial charge is 0.352 e. The average Bonchev–Trinajstić information content (AvgIpc) is 2.72. The molecule has 136 valence electrons. The van der Waals surface area contributed by atoms with E-state index in [0.29, 0.717) is 18.5 Å². The van der Waals surface area contributed by atoms with E-state index in [0.717, 1.165) is 43.5 Å². The van der Waals surface area contributed by atoms with Gasteiger partial charge in [-0.15, -0.1) is 0 Å². The highest BCUT2D eigenvalue weighted by Crippen LogP contribution is 2.14. The third-order valence-electron chi connectivity index (χ3n) is 4.79. The molecule has 0 atom stereocenters. The Bertz CT molecular complexity index is 737. The molecule has 2 aromatic rings. The second kappa shape index (κ2) is 9.18. The molecule has 0 aliphatic carbocycles. The lowest BCUT2D eigenvalue weighted by atomic mass is 10.1. The number of nitrogens with zero attached hydrogens (tertiary/aromatic N) is 1. The fourth-order valence-electron chi connectivity index (χ4n) is 3.29. The van der Waals surface area contributed by atoms with Crippen LogP contribution in [-0.4, -0.2) is 29.8 Å². The number of carbonyl (C=O) groups is 2. The number of nitrogens with one attached hydrogen (secondary N) is 1. The van der Waals surface area contributed by atoms with Crippen LogP contribution >= 0.6 is 0 Å². The van der Waals surface area contributed by atoms with Crippen molar-refractivity contribution in [1.29, 1.82) is 0 Å². The number of hydrogen-bond donors (Lipinski definition) is 1. The quantitative estimate of drug-likeness (QED) is 0.866. The summed E-state index contributed by atoms with van der Waals surface area (Å²) in [5.41, 5.74) is 2.83. The SMILES string of the molecule is O=C(CCc1ccccc1)NCc1cccc(C(=O)N2CCCCC2)c1. The van der Waals surface area contributed by atoms with Gasteiger partial charge in [-0.2, -0.15) is 0 Å². The van der Waals surface area contributed by atoms with E-state index in [1.807, 2.05) is 59.5 Å². The summed E-state index contributed by atoms with van der Waals surface area (Å²) in [4.78, 5) is 26.6. The number of aryl methyl sites for hydroxylation is 1. The first-order valence-electron chi connectivity index (χ1n) is 9.41. The van der Waals surface area contributed by atoms with Crippen molar-refractivity contribution in [3.05, 3.63) is 71.3 Å². The van der Waals surface area contributed by atoms with E-state index in [1.54, 1.807) is 0 Å². The van der Waals surface area contributed by atoms with E-state index in [4.69, 9.17) is 0 Å². The predicted octanol–water partition coefficient (Wildman–Crippen LogP) is 3.56. The van der Waals surface area contributed by atoms with Crippen molar-refractivity contribution in [2.45, 2.75) is 38.6 Å². The Morgan fingerprint density at radius 3 is 2.38 bits per heavy atom. The number of piperidine rings is 1. The maximum Gasteiger partial charge on any atom is 0.253 e. The van der Waals surface area contributed by atoms with Gasteiger partial charge < -0.3 is 10.2 Å². The van der Waals surface area contributed by atoms with Crippen LogP contribution in [0.2, 0.25) is 0 Å². The Labute approximate surface area is 155 Å². The molecule has 4 heteroatoms. The summed E-state index contributed by atoms with van der Waals surface area (Å²) >= 11 is 0. The molecule has 3 rings (SSSR count). The van der Waals surface area contributed by atoms with Crippen LogP contribution in [0.5, 0.6) is 0 Å². The van der Waals surface area contributed by atoms with Gasteiger partial charge in [0.15, 0.2) is 0 Å². The van der Waals surface area contributed by atoms with E-state index in [9.17, 15) is 9.59 Å². The van der Waals surface area contributed by atoms with Crippen LogP contribution in [-0.2, 0) is 17.8 Å². The highest BCUT2D eigenvalue weighted by atomic mass is 16.2. The molecule has 1 saturated heterocycles. The Kier molecular flexibility index (Phi) is 6.42. The lowest BCUT2D eigenvalue weighted by molar-refractivity contribution is -0.121. The number of rotatable bonds is 6. The standard InChI is InChI=1S/C22H26N2O2/c25-21(13-12-18-8-3-1-4-9-18)23-17-19-10-7-11-20(16-19)22(26)24-14-5-2-6-15-24/h1,3-4,7-11,16H,2,5-6,12-15,17H2,(H,23,25). The van der Waals surface area contributed by atoms with Gasteiger partial charge >= 0.3 is 0 Å². The minimum Gasteiger partial charge on any atom is -0.352 e. The Hall–Kier alpha value is -2.62.